The number of unbranched alkanes of at least 4 members (excludes halogenated alkanes) is 1. The van der Waals surface area contributed by atoms with Gasteiger partial charge in [-0.3, -0.25) is 4.21 Å². The Balaban J connectivity index is 0. The van der Waals surface area contributed by atoms with Crippen LogP contribution in [0.15, 0.2) is 63.5 Å². The Kier molecular flexibility index (Phi) is 44.2. The molecule has 67 heavy (non-hydrogen) atoms. The van der Waals surface area contributed by atoms with E-state index in [1.165, 1.54) is 88.8 Å². The van der Waals surface area contributed by atoms with E-state index in [-0.39, 0.29) is 6.03 Å². The summed E-state index contributed by atoms with van der Waals surface area (Å²) in [4.78, 5) is 28.1. The Hall–Kier alpha value is -2.64. The van der Waals surface area contributed by atoms with E-state index in [2.05, 4.69) is 136 Å². The van der Waals surface area contributed by atoms with Gasteiger partial charge in [0.1, 0.15) is 0 Å². The van der Waals surface area contributed by atoms with Crippen molar-refractivity contribution in [2.24, 2.45) is 23.5 Å². The van der Waals surface area contributed by atoms with Gasteiger partial charge in [0.25, 0.3) is 0 Å². The van der Waals surface area contributed by atoms with Crippen molar-refractivity contribution in [1.29, 1.82) is 0 Å². The molecule has 0 aliphatic carbocycles. The molecular formula is C51H103N10O5S-. The molecule has 394 valence electrons. The van der Waals surface area contributed by atoms with Gasteiger partial charge in [0.2, 0.25) is 0 Å². The first-order valence-corrected chi connectivity index (χ1v) is 26.1. The van der Waals surface area contributed by atoms with Crippen LogP contribution in [0.25, 0.3) is 0 Å². The molecule has 0 saturated carbocycles. The van der Waals surface area contributed by atoms with Crippen molar-refractivity contribution in [2.45, 2.75) is 65.7 Å². The zero-order chi connectivity index (χ0) is 50.8. The number of carbonyl (C=O) groups excluding carboxylic acids is 1. The number of urea groups is 1. The SMILES string of the molecule is C=CC1CCN(C)CC1.C=CC1CCN(S(=O)[O-])CC1.C=CC1CCOC1.C=CN1CCN(C(N)=O)CC1.C=CN1CCOCC1.CCCCN(C)C.CCN(C)C.CCN1CCN(C)CC1. The Morgan fingerprint density at radius 2 is 1.10 bits per heavy atom. The number of hydrogen-bond acceptors (Lipinski definition) is 12. The second-order valence-corrected chi connectivity index (χ2v) is 19.1. The molecule has 2 atom stereocenters. The maximum Gasteiger partial charge on any atom is 0.314 e. The number of ether oxygens (including phenoxy) is 2. The summed E-state index contributed by atoms with van der Waals surface area (Å²) < 4.78 is 32.5. The molecule has 2 unspecified atom stereocenters. The normalized spacial score (nSPS) is 21.1. The molecule has 0 aromatic rings. The van der Waals surface area contributed by atoms with Crippen molar-refractivity contribution < 1.29 is 23.0 Å². The van der Waals surface area contributed by atoms with Crippen LogP contribution in [0.2, 0.25) is 0 Å². The van der Waals surface area contributed by atoms with Crippen molar-refractivity contribution in [1.82, 2.24) is 43.5 Å². The molecular weight excluding hydrogens is 865 g/mol. The third-order valence-corrected chi connectivity index (χ3v) is 13.0. The Morgan fingerprint density at radius 1 is 0.642 bits per heavy atom. The van der Waals surface area contributed by atoms with Gasteiger partial charge in [0.05, 0.1) is 19.8 Å². The largest absolute Gasteiger partial charge is 0.760 e. The van der Waals surface area contributed by atoms with Crippen LogP contribution in [0, 0.1) is 17.8 Å². The van der Waals surface area contributed by atoms with E-state index in [0.717, 1.165) is 77.9 Å². The third-order valence-electron chi connectivity index (χ3n) is 12.3. The average molecular weight is 969 g/mol. The maximum absolute atomic E-state index is 10.7. The van der Waals surface area contributed by atoms with Crippen LogP contribution in [0.3, 0.4) is 0 Å². The number of primary amides is 1. The van der Waals surface area contributed by atoms with E-state index >= 15 is 0 Å². The highest BCUT2D eigenvalue weighted by atomic mass is 32.2. The van der Waals surface area contributed by atoms with E-state index in [0.29, 0.717) is 38.0 Å². The minimum Gasteiger partial charge on any atom is -0.760 e. The Labute approximate surface area is 415 Å². The van der Waals surface area contributed by atoms with E-state index in [1.807, 2.05) is 18.4 Å². The Morgan fingerprint density at radius 3 is 1.42 bits per heavy atom. The fourth-order valence-electron chi connectivity index (χ4n) is 6.79. The molecule has 6 heterocycles. The number of piperazine rings is 2. The number of carbonyl (C=O) groups is 1. The number of allylic oxidation sites excluding steroid dienone is 2. The molecule has 6 aliphatic heterocycles. The topological polar surface area (TPSA) is 131 Å². The third kappa shape index (κ3) is 38.9. The highest BCUT2D eigenvalue weighted by Gasteiger charge is 2.18. The van der Waals surface area contributed by atoms with Gasteiger partial charge in [0, 0.05) is 102 Å². The minimum absolute atomic E-state index is 0.325. The second-order valence-electron chi connectivity index (χ2n) is 18.1. The van der Waals surface area contributed by atoms with Crippen molar-refractivity contribution in [3.63, 3.8) is 0 Å². The highest BCUT2D eigenvalue weighted by Crippen LogP contribution is 2.18. The predicted molar refractivity (Wildman–Crippen MR) is 286 cm³/mol. The summed E-state index contributed by atoms with van der Waals surface area (Å²) in [6, 6.07) is -0.325. The summed E-state index contributed by atoms with van der Waals surface area (Å²) in [5.41, 5.74) is 5.10. The molecule has 6 saturated heterocycles. The van der Waals surface area contributed by atoms with Crippen LogP contribution < -0.4 is 5.73 Å². The first-order valence-electron chi connectivity index (χ1n) is 25.1. The smallest absolute Gasteiger partial charge is 0.314 e. The number of nitrogens with zero attached hydrogens (tertiary/aromatic N) is 9. The lowest BCUT2D eigenvalue weighted by Crippen LogP contribution is -2.48. The number of morpholine rings is 1. The first kappa shape index (κ1) is 66.4. The molecule has 0 radical (unpaired) electrons. The van der Waals surface area contributed by atoms with E-state index < -0.39 is 11.3 Å². The summed E-state index contributed by atoms with van der Waals surface area (Å²) in [5.74, 6) is 1.94. The van der Waals surface area contributed by atoms with Crippen LogP contribution in [-0.2, 0) is 20.7 Å². The number of piperidine rings is 2. The van der Waals surface area contributed by atoms with Crippen molar-refractivity contribution in [3.05, 3.63) is 63.5 Å². The number of hydrogen-bond donors (Lipinski definition) is 1. The summed E-state index contributed by atoms with van der Waals surface area (Å²) in [5, 5.41) is 0. The molecule has 0 spiro atoms. The molecule has 0 aromatic heterocycles. The van der Waals surface area contributed by atoms with Crippen LogP contribution in [0.5, 0.6) is 0 Å². The van der Waals surface area contributed by atoms with Crippen LogP contribution in [-0.4, -0.2) is 238 Å². The van der Waals surface area contributed by atoms with Crippen LogP contribution in [0.1, 0.15) is 65.7 Å². The quantitative estimate of drug-likeness (QED) is 0.197. The summed E-state index contributed by atoms with van der Waals surface area (Å²) >= 11 is -2.02. The zero-order valence-corrected chi connectivity index (χ0v) is 45.3. The fourth-order valence-corrected chi connectivity index (χ4v) is 7.30. The molecule has 0 aromatic carbocycles. The van der Waals surface area contributed by atoms with Crippen molar-refractivity contribution in [2.75, 3.05) is 180 Å². The molecule has 6 rings (SSSR count). The standard InChI is InChI=1S/C8H15N.C7H13N3O.C7H16N2.C7H13NO2S.C6H11NO.C6H15N.C6H10O.C4H11N/c1-3-8-4-6-9(2)7-5-8;1-2-9-3-5-10(6-4-9)7(8)11;1-3-9-6-4-8(2)5-7-9;1-2-7-3-5-8(6-4-7)11(9)10;1-2-7-3-5-8-6-4-7;1-4-5-6-7(2)3;1-2-6-3-4-7-5-6;1-4-5(2)3/h3,8H,1,4-7H2,2H3;2H,1,3-6H2,(H2,8,11);3-7H2,1-2H3;2,7H,1,3-6H2,(H,9,10);2H,1,3-6H2;4-6H2,1-3H3;2,6H,1,3-5H2;4H2,1-3H3/p-1. The molecule has 6 aliphatic rings. The van der Waals surface area contributed by atoms with Gasteiger partial charge in [-0.25, -0.2) is 9.10 Å². The van der Waals surface area contributed by atoms with Gasteiger partial charge in [-0.05, 0) is 138 Å². The highest BCUT2D eigenvalue weighted by molar-refractivity contribution is 7.76. The second kappa shape index (κ2) is 44.6. The van der Waals surface area contributed by atoms with Crippen LogP contribution in [0.4, 0.5) is 4.79 Å². The maximum atomic E-state index is 10.7. The minimum atomic E-state index is -2.02. The Bertz CT molecular complexity index is 1180. The summed E-state index contributed by atoms with van der Waals surface area (Å²) in [6.07, 6.45) is 17.9. The fraction of sp³-hybridized carbons (Fsp3) is 0.784. The van der Waals surface area contributed by atoms with E-state index in [1.54, 1.807) is 11.1 Å². The van der Waals surface area contributed by atoms with Gasteiger partial charge in [-0.2, -0.15) is 0 Å². The van der Waals surface area contributed by atoms with Gasteiger partial charge in [-0.15, -0.1) is 19.7 Å². The molecule has 15 nitrogen and oxygen atoms in total. The van der Waals surface area contributed by atoms with Crippen molar-refractivity contribution in [3.8, 4) is 0 Å². The number of likely N-dealkylation sites (tertiary alicyclic amines) is 1. The lowest BCUT2D eigenvalue weighted by Gasteiger charge is -2.32. The number of nitrogens with two attached hydrogens (primary N) is 1. The van der Waals surface area contributed by atoms with Crippen LogP contribution >= 0.6 is 0 Å². The van der Waals surface area contributed by atoms with Gasteiger partial charge in [0.15, 0.2) is 0 Å². The average Bonchev–Trinajstić information content (AvgIpc) is 3.90. The predicted octanol–water partition coefficient (Wildman–Crippen LogP) is 5.86. The summed E-state index contributed by atoms with van der Waals surface area (Å²) in [6.45, 7) is 46.0. The van der Waals surface area contributed by atoms with Crippen molar-refractivity contribution >= 4 is 17.3 Å². The van der Waals surface area contributed by atoms with Gasteiger partial charge in [-0.1, -0.05) is 58.6 Å². The first-order chi connectivity index (χ1) is 32.0. The molecule has 2 amide bonds. The molecule has 2 N–H and O–H groups in total. The van der Waals surface area contributed by atoms with Gasteiger partial charge < -0.3 is 59.0 Å². The molecule has 0 bridgehead atoms. The number of rotatable bonds is 11. The lowest BCUT2D eigenvalue weighted by molar-refractivity contribution is 0.0595. The zero-order valence-electron chi connectivity index (χ0n) is 44.5. The van der Waals surface area contributed by atoms with E-state index in [4.69, 9.17) is 15.2 Å². The number of likely N-dealkylation sites (N-methyl/N-ethyl adjacent to an activating group) is 2. The lowest BCUT2D eigenvalue weighted by atomic mass is 9.98. The van der Waals surface area contributed by atoms with E-state index in [9.17, 15) is 13.6 Å². The number of amides is 2. The monoisotopic (exact) mass is 968 g/mol. The summed E-state index contributed by atoms with van der Waals surface area (Å²) in [7, 11) is 12.7. The van der Waals surface area contributed by atoms with Gasteiger partial charge >= 0.3 is 6.03 Å². The molecule has 6 fully saturated rings. The molecule has 16 heteroatoms.